The number of carbonyl (C=O) groups excluding carboxylic acids is 1. The van der Waals surface area contributed by atoms with Crippen LogP contribution in [-0.4, -0.2) is 53.3 Å². The van der Waals surface area contributed by atoms with Crippen LogP contribution in [0, 0.1) is 16.7 Å². The normalized spacial score (nSPS) is 33.2. The first-order chi connectivity index (χ1) is 13.1. The number of hydroxylamine groups is 2. The Bertz CT molecular complexity index is 870. The van der Waals surface area contributed by atoms with Gasteiger partial charge in [0.1, 0.15) is 6.04 Å². The van der Waals surface area contributed by atoms with E-state index in [4.69, 9.17) is 0 Å². The number of benzene rings is 1. The highest BCUT2D eigenvalue weighted by Crippen LogP contribution is 2.70. The third-order valence-electron chi connectivity index (χ3n) is 7.87. The second-order valence-corrected chi connectivity index (χ2v) is 11.1. The zero-order chi connectivity index (χ0) is 20.3. The average molecular weight is 407 g/mol. The van der Waals surface area contributed by atoms with Crippen molar-refractivity contribution < 1.29 is 18.4 Å². The molecule has 1 spiro atoms. The van der Waals surface area contributed by atoms with Crippen LogP contribution in [0.3, 0.4) is 0 Å². The summed E-state index contributed by atoms with van der Waals surface area (Å²) in [5.74, 6) is 0.0147. The Morgan fingerprint density at radius 3 is 2.61 bits per heavy atom. The molecule has 7 heteroatoms. The Kier molecular flexibility index (Phi) is 4.64. The van der Waals surface area contributed by atoms with Crippen LogP contribution in [0.1, 0.15) is 45.6 Å². The number of nitrogens with zero attached hydrogens (tertiary/aromatic N) is 2. The molecule has 2 aliphatic carbocycles. The molecule has 1 amide bonds. The minimum Gasteiger partial charge on any atom is -0.313 e. The Labute approximate surface area is 167 Å². The van der Waals surface area contributed by atoms with Gasteiger partial charge in [-0.05, 0) is 42.6 Å². The Morgan fingerprint density at radius 1 is 1.32 bits per heavy atom. The minimum atomic E-state index is -3.69. The van der Waals surface area contributed by atoms with Crippen molar-refractivity contribution in [3.63, 3.8) is 0 Å². The lowest BCUT2D eigenvalue weighted by Crippen LogP contribution is -2.53. The molecule has 154 valence electrons. The summed E-state index contributed by atoms with van der Waals surface area (Å²) in [5, 5.41) is 11.4. The standard InChI is InChI=1S/C21H30N2O4S/c1-4-22(25)17(12-15-8-6-5-7-9-15)19(24)23-18-13-16-10-11-21(18,20(16,2)3)14-28(23,26)27/h5-9,16-18,25H,4,10-14H2,1-3H3/t16-,17+,18-,21-/m0/s1. The average Bonchev–Trinajstić information content (AvgIpc) is 3.13. The van der Waals surface area contributed by atoms with Crippen LogP contribution in [-0.2, 0) is 21.2 Å². The van der Waals surface area contributed by atoms with Gasteiger partial charge in [-0.25, -0.2) is 12.7 Å². The first-order valence-corrected chi connectivity index (χ1v) is 11.8. The molecular weight excluding hydrogens is 376 g/mol. The molecule has 1 aliphatic heterocycles. The van der Waals surface area contributed by atoms with E-state index in [0.29, 0.717) is 5.92 Å². The topological polar surface area (TPSA) is 77.9 Å². The van der Waals surface area contributed by atoms with Gasteiger partial charge < -0.3 is 5.21 Å². The highest BCUT2D eigenvalue weighted by molar-refractivity contribution is 7.90. The molecule has 1 N–H and O–H groups in total. The van der Waals surface area contributed by atoms with E-state index >= 15 is 0 Å². The maximum Gasteiger partial charge on any atom is 0.256 e. The molecule has 2 saturated carbocycles. The van der Waals surface area contributed by atoms with Crippen LogP contribution in [0.2, 0.25) is 0 Å². The third kappa shape index (κ3) is 2.66. The smallest absolute Gasteiger partial charge is 0.256 e. The van der Waals surface area contributed by atoms with Gasteiger partial charge in [0.15, 0.2) is 0 Å². The van der Waals surface area contributed by atoms with Gasteiger partial charge in [0.2, 0.25) is 10.0 Å². The minimum absolute atomic E-state index is 0.0511. The monoisotopic (exact) mass is 406 g/mol. The summed E-state index contributed by atoms with van der Waals surface area (Å²) in [7, 11) is -3.69. The number of carbonyl (C=O) groups is 1. The van der Waals surface area contributed by atoms with Crippen molar-refractivity contribution in [3.05, 3.63) is 35.9 Å². The first kappa shape index (κ1) is 19.9. The largest absolute Gasteiger partial charge is 0.313 e. The quantitative estimate of drug-likeness (QED) is 0.761. The van der Waals surface area contributed by atoms with Gasteiger partial charge in [-0.2, -0.15) is 5.06 Å². The van der Waals surface area contributed by atoms with Gasteiger partial charge >= 0.3 is 0 Å². The van der Waals surface area contributed by atoms with Crippen LogP contribution >= 0.6 is 0 Å². The lowest BCUT2D eigenvalue weighted by Gasteiger charge is -2.38. The number of fused-ring (bicyclic) bond motifs is 1. The van der Waals surface area contributed by atoms with E-state index in [0.717, 1.165) is 29.9 Å². The van der Waals surface area contributed by atoms with E-state index < -0.39 is 22.0 Å². The molecule has 2 bridgehead atoms. The Hall–Kier alpha value is -1.44. The zero-order valence-corrected chi connectivity index (χ0v) is 17.7. The Balaban J connectivity index is 1.69. The van der Waals surface area contributed by atoms with Crippen molar-refractivity contribution in [2.45, 2.75) is 58.5 Å². The number of rotatable bonds is 5. The molecule has 28 heavy (non-hydrogen) atoms. The van der Waals surface area contributed by atoms with E-state index in [1.807, 2.05) is 30.3 Å². The third-order valence-corrected chi connectivity index (χ3v) is 9.78. The second kappa shape index (κ2) is 6.54. The summed E-state index contributed by atoms with van der Waals surface area (Å²) < 4.78 is 27.5. The van der Waals surface area contributed by atoms with Crippen LogP contribution < -0.4 is 0 Å². The SMILES string of the molecule is CCN(O)[C@H](Cc1ccccc1)C(=O)N1[C@H]2C[C@@H]3CC[C@@]2(CS1(=O)=O)C3(C)C. The number of likely N-dealkylation sites (N-methyl/N-ethyl adjacent to an activating group) is 1. The predicted octanol–water partition coefficient (Wildman–Crippen LogP) is 2.68. The molecule has 3 fully saturated rings. The van der Waals surface area contributed by atoms with Crippen molar-refractivity contribution in [3.8, 4) is 0 Å². The van der Waals surface area contributed by atoms with Crippen molar-refractivity contribution in [1.29, 1.82) is 0 Å². The first-order valence-electron chi connectivity index (χ1n) is 10.2. The molecule has 4 atom stereocenters. The van der Waals surface area contributed by atoms with E-state index in [1.54, 1.807) is 6.92 Å². The molecule has 0 unspecified atom stereocenters. The molecule has 0 radical (unpaired) electrons. The summed E-state index contributed by atoms with van der Waals surface area (Å²) in [6.07, 6.45) is 2.92. The number of hydrogen-bond acceptors (Lipinski definition) is 5. The van der Waals surface area contributed by atoms with Gasteiger partial charge in [-0.15, -0.1) is 0 Å². The number of amides is 1. The lowest BCUT2D eigenvalue weighted by molar-refractivity contribution is -0.160. The highest BCUT2D eigenvalue weighted by atomic mass is 32.2. The van der Waals surface area contributed by atoms with Gasteiger partial charge in [0.05, 0.1) is 11.8 Å². The number of sulfonamides is 1. The highest BCUT2D eigenvalue weighted by Gasteiger charge is 2.72. The molecule has 1 heterocycles. The summed E-state index contributed by atoms with van der Waals surface area (Å²) >= 11 is 0. The fraction of sp³-hybridized carbons (Fsp3) is 0.667. The molecule has 1 aromatic carbocycles. The maximum atomic E-state index is 13.5. The molecule has 3 aliphatic rings. The fourth-order valence-corrected chi connectivity index (χ4v) is 8.67. The van der Waals surface area contributed by atoms with Crippen molar-refractivity contribution in [2.24, 2.45) is 16.7 Å². The van der Waals surface area contributed by atoms with E-state index in [-0.39, 0.29) is 35.6 Å². The van der Waals surface area contributed by atoms with Crippen molar-refractivity contribution >= 4 is 15.9 Å². The molecule has 0 aromatic heterocycles. The molecule has 1 saturated heterocycles. The summed E-state index contributed by atoms with van der Waals surface area (Å²) in [5.41, 5.74) is 0.460. The predicted molar refractivity (Wildman–Crippen MR) is 106 cm³/mol. The van der Waals surface area contributed by atoms with Gasteiger partial charge in [-0.1, -0.05) is 51.1 Å². The summed E-state index contributed by atoms with van der Waals surface area (Å²) in [4.78, 5) is 13.5. The van der Waals surface area contributed by atoms with Gasteiger partial charge in [0.25, 0.3) is 5.91 Å². The van der Waals surface area contributed by atoms with E-state index in [1.165, 1.54) is 4.31 Å². The summed E-state index contributed by atoms with van der Waals surface area (Å²) in [6, 6.07) is 8.26. The maximum absolute atomic E-state index is 13.5. The molecular formula is C21H30N2O4S. The lowest BCUT2D eigenvalue weighted by atomic mass is 9.69. The van der Waals surface area contributed by atoms with Gasteiger partial charge in [-0.3, -0.25) is 4.79 Å². The van der Waals surface area contributed by atoms with Gasteiger partial charge in [0, 0.05) is 12.0 Å². The van der Waals surface area contributed by atoms with Crippen LogP contribution in [0.5, 0.6) is 0 Å². The second-order valence-electron chi connectivity index (χ2n) is 9.22. The Morgan fingerprint density at radius 2 is 2.00 bits per heavy atom. The zero-order valence-electron chi connectivity index (χ0n) is 16.8. The summed E-state index contributed by atoms with van der Waals surface area (Å²) in [6.45, 7) is 6.34. The number of hydrogen-bond donors (Lipinski definition) is 1. The molecule has 4 rings (SSSR count). The van der Waals surface area contributed by atoms with E-state index in [2.05, 4.69) is 13.8 Å². The molecule has 6 nitrogen and oxygen atoms in total. The van der Waals surface area contributed by atoms with Crippen LogP contribution in [0.15, 0.2) is 30.3 Å². The van der Waals surface area contributed by atoms with Crippen molar-refractivity contribution in [2.75, 3.05) is 12.3 Å². The van der Waals surface area contributed by atoms with Crippen LogP contribution in [0.4, 0.5) is 0 Å². The van der Waals surface area contributed by atoms with E-state index in [9.17, 15) is 18.4 Å². The van der Waals surface area contributed by atoms with Crippen molar-refractivity contribution in [1.82, 2.24) is 9.37 Å². The van der Waals surface area contributed by atoms with Crippen LogP contribution in [0.25, 0.3) is 0 Å². The fourth-order valence-electron chi connectivity index (χ4n) is 6.10. The molecule has 1 aromatic rings.